The summed E-state index contributed by atoms with van der Waals surface area (Å²) >= 11 is 0. The van der Waals surface area contributed by atoms with Crippen LogP contribution in [0.4, 0.5) is 21.0 Å². The van der Waals surface area contributed by atoms with Crippen LogP contribution in [0.1, 0.15) is 12.8 Å². The molecule has 2 aliphatic heterocycles. The van der Waals surface area contributed by atoms with Gasteiger partial charge in [-0.25, -0.2) is 9.59 Å². The maximum atomic E-state index is 12.5. The van der Waals surface area contributed by atoms with Gasteiger partial charge in [-0.3, -0.25) is 9.35 Å². The molecular weight excluding hydrogens is 382 g/mol. The molecule has 5 N–H and O–H groups in total. The minimum atomic E-state index is -4.84. The number of anilines is 2. The predicted molar refractivity (Wildman–Crippen MR) is 91.7 cm³/mol. The third-order valence-electron chi connectivity index (χ3n) is 4.23. The first kappa shape index (κ1) is 18.9. The highest BCUT2D eigenvalue weighted by Crippen LogP contribution is 2.32. The van der Waals surface area contributed by atoms with E-state index in [2.05, 4.69) is 14.9 Å². The van der Waals surface area contributed by atoms with Crippen molar-refractivity contribution in [2.24, 2.45) is 5.73 Å². The van der Waals surface area contributed by atoms with Gasteiger partial charge in [-0.15, -0.1) is 4.28 Å². The summed E-state index contributed by atoms with van der Waals surface area (Å²) in [6, 6.07) is 3.47. The van der Waals surface area contributed by atoms with Gasteiger partial charge in [0.05, 0.1) is 6.04 Å². The van der Waals surface area contributed by atoms with Crippen molar-refractivity contribution in [2.75, 3.05) is 17.2 Å². The number of amides is 5. The molecule has 0 saturated carbocycles. The van der Waals surface area contributed by atoms with Crippen molar-refractivity contribution in [3.63, 3.8) is 0 Å². The molecule has 2 heterocycles. The highest BCUT2D eigenvalue weighted by atomic mass is 32.3. The normalized spacial score (nSPS) is 21.9. The maximum absolute atomic E-state index is 12.5. The molecule has 13 heteroatoms. The number of hydrogen-bond donors (Lipinski definition) is 4. The lowest BCUT2D eigenvalue weighted by Gasteiger charge is -2.30. The number of primary amides is 1. The standard InChI is InChI=1S/C14H17N5O7S/c15-13(21)16-8-2-1-3-9(6-8)17-14(22)18-5-4-10-7-11(18)12(20)19(10)26-27(23,24)25/h1-3,6,10-11H,4-5,7H2,(H,17,22)(H3,15,16,21)(H,23,24,25)/t10-,11-/m1/s1. The van der Waals surface area contributed by atoms with E-state index in [4.69, 9.17) is 10.3 Å². The number of carbonyl (C=O) groups excluding carboxylic acids is 3. The molecule has 3 rings (SSSR count). The number of likely N-dealkylation sites (tertiary alicyclic amines) is 1. The van der Waals surface area contributed by atoms with Gasteiger partial charge < -0.3 is 21.3 Å². The molecule has 0 unspecified atom stereocenters. The zero-order valence-corrected chi connectivity index (χ0v) is 14.7. The summed E-state index contributed by atoms with van der Waals surface area (Å²) in [5.41, 5.74) is 5.79. The number of carbonyl (C=O) groups is 3. The zero-order valence-electron chi connectivity index (χ0n) is 13.9. The highest BCUT2D eigenvalue weighted by molar-refractivity contribution is 7.80. The quantitative estimate of drug-likeness (QED) is 0.521. The Balaban J connectivity index is 1.70. The second kappa shape index (κ2) is 7.02. The summed E-state index contributed by atoms with van der Waals surface area (Å²) < 4.78 is 34.9. The molecule has 0 aromatic heterocycles. The number of nitrogens with two attached hydrogens (primary N) is 1. The van der Waals surface area contributed by atoms with E-state index in [1.54, 1.807) is 18.2 Å². The summed E-state index contributed by atoms with van der Waals surface area (Å²) in [5.74, 6) is -0.727. The first-order valence-electron chi connectivity index (χ1n) is 7.88. The maximum Gasteiger partial charge on any atom is 0.418 e. The summed E-state index contributed by atoms with van der Waals surface area (Å²) in [6.45, 7) is 0.192. The molecule has 0 spiro atoms. The van der Waals surface area contributed by atoms with Crippen molar-refractivity contribution >= 4 is 39.7 Å². The van der Waals surface area contributed by atoms with E-state index in [1.807, 2.05) is 0 Å². The number of piperidine rings is 1. The van der Waals surface area contributed by atoms with Gasteiger partial charge in [0.1, 0.15) is 6.04 Å². The van der Waals surface area contributed by atoms with Gasteiger partial charge in [-0.1, -0.05) is 6.07 Å². The molecule has 2 atom stereocenters. The monoisotopic (exact) mass is 399 g/mol. The van der Waals surface area contributed by atoms with Crippen molar-refractivity contribution in [1.82, 2.24) is 9.96 Å². The van der Waals surface area contributed by atoms with E-state index in [0.29, 0.717) is 16.4 Å². The van der Waals surface area contributed by atoms with Crippen LogP contribution in [-0.4, -0.2) is 59.5 Å². The second-order valence-electron chi connectivity index (χ2n) is 6.05. The molecular formula is C14H17N5O7S. The summed E-state index contributed by atoms with van der Waals surface area (Å²) in [4.78, 5) is 37.1. The first-order valence-corrected chi connectivity index (χ1v) is 9.25. The third kappa shape index (κ3) is 4.27. The lowest BCUT2D eigenvalue weighted by atomic mass is 10.0. The molecule has 2 bridgehead atoms. The number of hydrogen-bond acceptors (Lipinski definition) is 6. The van der Waals surface area contributed by atoms with E-state index in [9.17, 15) is 22.8 Å². The Bertz CT molecular complexity index is 890. The Morgan fingerprint density at radius 2 is 1.93 bits per heavy atom. The summed E-state index contributed by atoms with van der Waals surface area (Å²) in [6.07, 6.45) is 0.472. The minimum Gasteiger partial charge on any atom is -0.351 e. The number of nitrogens with zero attached hydrogens (tertiary/aromatic N) is 2. The van der Waals surface area contributed by atoms with Crippen LogP contribution in [0.15, 0.2) is 24.3 Å². The average Bonchev–Trinajstić information content (AvgIpc) is 2.78. The van der Waals surface area contributed by atoms with Crippen molar-refractivity contribution in [3.8, 4) is 0 Å². The number of benzene rings is 1. The van der Waals surface area contributed by atoms with E-state index in [-0.39, 0.29) is 19.4 Å². The number of fused-ring (bicyclic) bond motifs is 2. The lowest BCUT2D eigenvalue weighted by Crippen LogP contribution is -2.47. The van der Waals surface area contributed by atoms with Gasteiger partial charge in [-0.2, -0.15) is 13.5 Å². The molecule has 27 heavy (non-hydrogen) atoms. The van der Waals surface area contributed by atoms with Crippen molar-refractivity contribution in [1.29, 1.82) is 0 Å². The van der Waals surface area contributed by atoms with E-state index < -0.39 is 40.5 Å². The van der Waals surface area contributed by atoms with Crippen LogP contribution in [0.5, 0.6) is 0 Å². The van der Waals surface area contributed by atoms with Crippen LogP contribution in [0, 0.1) is 0 Å². The predicted octanol–water partition coefficient (Wildman–Crippen LogP) is 0.119. The molecule has 2 fully saturated rings. The van der Waals surface area contributed by atoms with Gasteiger partial charge in [0.25, 0.3) is 5.91 Å². The molecule has 1 aromatic rings. The van der Waals surface area contributed by atoms with Gasteiger partial charge in [0.2, 0.25) is 0 Å². The molecule has 2 saturated heterocycles. The molecule has 1 aromatic carbocycles. The molecule has 2 aliphatic rings. The SMILES string of the molecule is NC(=O)Nc1cccc(NC(=O)N2CC[C@@H]3C[C@@H]2C(=O)N3OS(=O)(=O)O)c1. The fraction of sp³-hybridized carbons (Fsp3) is 0.357. The number of urea groups is 2. The molecule has 0 aliphatic carbocycles. The molecule has 5 amide bonds. The topological polar surface area (TPSA) is 171 Å². The molecule has 146 valence electrons. The summed E-state index contributed by atoms with van der Waals surface area (Å²) in [7, 11) is -4.84. The van der Waals surface area contributed by atoms with Crippen LogP contribution in [0.2, 0.25) is 0 Å². The summed E-state index contributed by atoms with van der Waals surface area (Å²) in [5, 5.41) is 5.58. The second-order valence-corrected chi connectivity index (χ2v) is 7.06. The Kier molecular flexibility index (Phi) is 4.91. The van der Waals surface area contributed by atoms with Crippen molar-refractivity contribution in [3.05, 3.63) is 24.3 Å². The number of hydroxylamine groups is 2. The van der Waals surface area contributed by atoms with E-state index in [0.717, 1.165) is 0 Å². The fourth-order valence-corrected chi connectivity index (χ4v) is 3.57. The van der Waals surface area contributed by atoms with Crippen LogP contribution in [0.25, 0.3) is 0 Å². The van der Waals surface area contributed by atoms with E-state index in [1.165, 1.54) is 11.0 Å². The van der Waals surface area contributed by atoms with Crippen LogP contribution >= 0.6 is 0 Å². The van der Waals surface area contributed by atoms with Crippen LogP contribution in [-0.2, 0) is 19.5 Å². The van der Waals surface area contributed by atoms with Gasteiger partial charge in [-0.05, 0) is 24.6 Å². The van der Waals surface area contributed by atoms with Crippen molar-refractivity contribution < 1.29 is 31.6 Å². The largest absolute Gasteiger partial charge is 0.418 e. The van der Waals surface area contributed by atoms with Gasteiger partial charge in [0, 0.05) is 24.3 Å². The Labute approximate surface area is 154 Å². The lowest BCUT2D eigenvalue weighted by molar-refractivity contribution is -0.157. The first-order chi connectivity index (χ1) is 12.6. The zero-order chi connectivity index (χ0) is 19.8. The minimum absolute atomic E-state index is 0.186. The third-order valence-corrected chi connectivity index (χ3v) is 4.57. The number of rotatable bonds is 4. The Hall–Kier alpha value is -2.90. The van der Waals surface area contributed by atoms with Crippen molar-refractivity contribution in [2.45, 2.75) is 24.9 Å². The van der Waals surface area contributed by atoms with E-state index >= 15 is 0 Å². The molecule has 12 nitrogen and oxygen atoms in total. The smallest absolute Gasteiger partial charge is 0.351 e. The van der Waals surface area contributed by atoms with Crippen LogP contribution in [0.3, 0.4) is 0 Å². The average molecular weight is 399 g/mol. The molecule has 0 radical (unpaired) electrons. The van der Waals surface area contributed by atoms with Crippen LogP contribution < -0.4 is 16.4 Å². The van der Waals surface area contributed by atoms with Gasteiger partial charge >= 0.3 is 22.5 Å². The Morgan fingerprint density at radius 3 is 2.56 bits per heavy atom. The number of nitrogens with one attached hydrogen (secondary N) is 2. The highest BCUT2D eigenvalue weighted by Gasteiger charge is 2.50. The van der Waals surface area contributed by atoms with Gasteiger partial charge in [0.15, 0.2) is 0 Å². The fourth-order valence-electron chi connectivity index (χ4n) is 3.18. The Morgan fingerprint density at radius 1 is 1.26 bits per heavy atom.